The van der Waals surface area contributed by atoms with Crippen molar-refractivity contribution in [3.8, 4) is 0 Å². The molecule has 0 fully saturated rings. The van der Waals surface area contributed by atoms with Gasteiger partial charge in [0.25, 0.3) is 0 Å². The Hall–Kier alpha value is -0.370. The molecule has 48 valence electrons. The van der Waals surface area contributed by atoms with Crippen LogP contribution in [-0.4, -0.2) is 12.3 Å². The minimum absolute atomic E-state index is 0.264. The molecule has 0 aliphatic heterocycles. The van der Waals surface area contributed by atoms with Gasteiger partial charge in [-0.3, -0.25) is 0 Å². The molecule has 0 spiro atoms. The van der Waals surface area contributed by atoms with E-state index in [9.17, 15) is 4.79 Å². The van der Waals surface area contributed by atoms with Crippen molar-refractivity contribution in [3.63, 3.8) is 0 Å². The molecule has 0 saturated heterocycles. The van der Waals surface area contributed by atoms with Crippen molar-refractivity contribution >= 4 is 6.29 Å². The quantitative estimate of drug-likeness (QED) is 0.546. The summed E-state index contributed by atoms with van der Waals surface area (Å²) in [5, 5.41) is 0. The molecule has 0 aromatic carbocycles. The molecule has 0 aliphatic carbocycles. The molecule has 0 aromatic heterocycles. The summed E-state index contributed by atoms with van der Waals surface area (Å²) in [5.41, 5.74) is 5.36. The predicted molar refractivity (Wildman–Crippen MR) is 33.5 cm³/mol. The van der Waals surface area contributed by atoms with Crippen molar-refractivity contribution in [2.45, 2.75) is 26.3 Å². The van der Waals surface area contributed by atoms with Crippen molar-refractivity contribution in [2.24, 2.45) is 11.7 Å². The first-order valence-electron chi connectivity index (χ1n) is 2.93. The Balaban J connectivity index is 3.44. The van der Waals surface area contributed by atoms with Gasteiger partial charge in [0.1, 0.15) is 6.29 Å². The average Bonchev–Trinajstić information content (AvgIpc) is 1.84. The molecule has 0 aromatic rings. The van der Waals surface area contributed by atoms with Gasteiger partial charge in [0.2, 0.25) is 0 Å². The highest BCUT2D eigenvalue weighted by atomic mass is 16.1. The topological polar surface area (TPSA) is 43.1 Å². The maximum absolute atomic E-state index is 9.98. The minimum Gasteiger partial charge on any atom is -0.322 e. The van der Waals surface area contributed by atoms with Crippen molar-refractivity contribution in [2.75, 3.05) is 0 Å². The molecule has 0 amide bonds. The Kier molecular flexibility index (Phi) is 3.44. The van der Waals surface area contributed by atoms with Crippen LogP contribution in [0.3, 0.4) is 0 Å². The molecule has 0 bridgehead atoms. The highest BCUT2D eigenvalue weighted by Crippen LogP contribution is 2.01. The smallest absolute Gasteiger partial charge is 0.136 e. The molecule has 0 radical (unpaired) electrons. The maximum atomic E-state index is 9.98. The van der Waals surface area contributed by atoms with Crippen LogP contribution in [-0.2, 0) is 4.79 Å². The Labute approximate surface area is 50.1 Å². The maximum Gasteiger partial charge on any atom is 0.136 e. The number of nitrogens with two attached hydrogens (primary N) is 1. The van der Waals surface area contributed by atoms with Crippen LogP contribution in [0.15, 0.2) is 0 Å². The van der Waals surface area contributed by atoms with Crippen molar-refractivity contribution in [3.05, 3.63) is 0 Å². The zero-order valence-electron chi connectivity index (χ0n) is 5.42. The van der Waals surface area contributed by atoms with E-state index in [0.717, 1.165) is 12.7 Å². The lowest BCUT2D eigenvalue weighted by molar-refractivity contribution is -0.109. The lowest BCUT2D eigenvalue weighted by atomic mass is 10.0. The van der Waals surface area contributed by atoms with E-state index in [1.165, 1.54) is 0 Å². The van der Waals surface area contributed by atoms with Crippen LogP contribution in [0, 0.1) is 5.92 Å². The van der Waals surface area contributed by atoms with E-state index < -0.39 is 0 Å². The molecule has 0 aliphatic rings. The number of hydrogen-bond acceptors (Lipinski definition) is 2. The van der Waals surface area contributed by atoms with Gasteiger partial charge in [0.15, 0.2) is 0 Å². The van der Waals surface area contributed by atoms with Crippen LogP contribution in [0.2, 0.25) is 0 Å². The second-order valence-electron chi connectivity index (χ2n) is 2.10. The summed E-state index contributed by atoms with van der Waals surface area (Å²) in [4.78, 5) is 9.98. The molecular weight excluding hydrogens is 102 g/mol. The highest BCUT2D eigenvalue weighted by Gasteiger charge is 2.07. The Morgan fingerprint density at radius 1 is 1.75 bits per heavy atom. The van der Waals surface area contributed by atoms with Crippen molar-refractivity contribution < 1.29 is 4.79 Å². The highest BCUT2D eigenvalue weighted by molar-refractivity contribution is 5.57. The van der Waals surface area contributed by atoms with Gasteiger partial charge < -0.3 is 10.5 Å². The molecule has 1 unspecified atom stereocenters. The first kappa shape index (κ1) is 7.63. The molecule has 2 heteroatoms. The number of carbonyl (C=O) groups excluding carboxylic acids is 1. The summed E-state index contributed by atoms with van der Waals surface area (Å²) in [6.45, 7) is 3.99. The fourth-order valence-electron chi connectivity index (χ4n) is 0.406. The zero-order valence-corrected chi connectivity index (χ0v) is 5.42. The van der Waals surface area contributed by atoms with Crippen molar-refractivity contribution in [1.82, 2.24) is 0 Å². The first-order chi connectivity index (χ1) is 3.72. The van der Waals surface area contributed by atoms with Gasteiger partial charge in [-0.2, -0.15) is 0 Å². The largest absolute Gasteiger partial charge is 0.322 e. The second kappa shape index (κ2) is 3.61. The summed E-state index contributed by atoms with van der Waals surface area (Å²) in [7, 11) is 0. The first-order valence-corrected chi connectivity index (χ1v) is 2.93. The molecular formula is C6H13NO. The van der Waals surface area contributed by atoms with E-state index >= 15 is 0 Å². The second-order valence-corrected chi connectivity index (χ2v) is 2.10. The summed E-state index contributed by atoms with van der Waals surface area (Å²) < 4.78 is 0. The lowest BCUT2D eigenvalue weighted by Gasteiger charge is -2.09. The van der Waals surface area contributed by atoms with Crippen LogP contribution < -0.4 is 5.73 Å². The van der Waals surface area contributed by atoms with Gasteiger partial charge in [-0.25, -0.2) is 0 Å². The van der Waals surface area contributed by atoms with Gasteiger partial charge >= 0.3 is 0 Å². The van der Waals surface area contributed by atoms with E-state index in [-0.39, 0.29) is 6.04 Å². The molecule has 2 nitrogen and oxygen atoms in total. The van der Waals surface area contributed by atoms with E-state index in [2.05, 4.69) is 0 Å². The fraction of sp³-hybridized carbons (Fsp3) is 0.833. The van der Waals surface area contributed by atoms with E-state index in [0.29, 0.717) is 5.92 Å². The SMILES string of the molecule is CCC(C)[C@H](N)C=O. The molecule has 0 heterocycles. The Bertz CT molecular complexity index is 72.9. The third-order valence-corrected chi connectivity index (χ3v) is 1.46. The number of aldehydes is 1. The summed E-state index contributed by atoms with van der Waals surface area (Å²) in [5.74, 6) is 0.326. The Morgan fingerprint density at radius 3 is 2.38 bits per heavy atom. The molecule has 2 N–H and O–H groups in total. The number of carbonyl (C=O) groups is 1. The van der Waals surface area contributed by atoms with E-state index in [1.54, 1.807) is 0 Å². The lowest BCUT2D eigenvalue weighted by Crippen LogP contribution is -2.28. The van der Waals surface area contributed by atoms with Crippen LogP contribution in [0.25, 0.3) is 0 Å². The fourth-order valence-corrected chi connectivity index (χ4v) is 0.406. The third-order valence-electron chi connectivity index (χ3n) is 1.46. The third kappa shape index (κ3) is 2.07. The number of rotatable bonds is 3. The van der Waals surface area contributed by atoms with Gasteiger partial charge in [-0.1, -0.05) is 20.3 Å². The summed E-state index contributed by atoms with van der Waals surface area (Å²) in [6, 6.07) is -0.264. The minimum atomic E-state index is -0.264. The summed E-state index contributed by atoms with van der Waals surface area (Å²) >= 11 is 0. The van der Waals surface area contributed by atoms with Crippen LogP contribution >= 0.6 is 0 Å². The van der Waals surface area contributed by atoms with Crippen molar-refractivity contribution in [1.29, 1.82) is 0 Å². The van der Waals surface area contributed by atoms with Gasteiger partial charge in [-0.05, 0) is 5.92 Å². The summed E-state index contributed by atoms with van der Waals surface area (Å²) in [6.07, 6.45) is 1.77. The van der Waals surface area contributed by atoms with Gasteiger partial charge in [-0.15, -0.1) is 0 Å². The van der Waals surface area contributed by atoms with Crippen LogP contribution in [0.1, 0.15) is 20.3 Å². The predicted octanol–water partition coefficient (Wildman–Crippen LogP) is 0.559. The molecule has 8 heavy (non-hydrogen) atoms. The monoisotopic (exact) mass is 115 g/mol. The van der Waals surface area contributed by atoms with E-state index in [1.807, 2.05) is 13.8 Å². The zero-order chi connectivity index (χ0) is 6.57. The molecule has 2 atom stereocenters. The molecule has 0 saturated carbocycles. The normalized spacial score (nSPS) is 17.4. The van der Waals surface area contributed by atoms with Gasteiger partial charge in [0, 0.05) is 0 Å². The Morgan fingerprint density at radius 2 is 2.25 bits per heavy atom. The van der Waals surface area contributed by atoms with Crippen LogP contribution in [0.5, 0.6) is 0 Å². The average molecular weight is 115 g/mol. The number of hydrogen-bond donors (Lipinski definition) is 1. The van der Waals surface area contributed by atoms with E-state index in [4.69, 9.17) is 5.73 Å². The standard InChI is InChI=1S/C6H13NO/c1-3-5(2)6(7)4-8/h4-6H,3,7H2,1-2H3/t5?,6-/m1/s1. The van der Waals surface area contributed by atoms with Crippen LogP contribution in [0.4, 0.5) is 0 Å². The van der Waals surface area contributed by atoms with Gasteiger partial charge in [0.05, 0.1) is 6.04 Å². The molecule has 0 rings (SSSR count).